The highest BCUT2D eigenvalue weighted by Crippen LogP contribution is 2.45. The first-order valence-corrected chi connectivity index (χ1v) is 5.59. The number of carbonyl (C=O) groups excluding carboxylic acids is 2. The van der Waals surface area contributed by atoms with E-state index in [0.29, 0.717) is 38.3 Å². The van der Waals surface area contributed by atoms with E-state index in [-0.39, 0.29) is 11.5 Å². The summed E-state index contributed by atoms with van der Waals surface area (Å²) >= 11 is 0. The molecule has 1 spiro atoms. The normalized spacial score (nSPS) is 22.2. The van der Waals surface area contributed by atoms with Crippen LogP contribution in [0, 0.1) is 5.41 Å². The molecule has 1 saturated heterocycles. The fourth-order valence-corrected chi connectivity index (χ4v) is 2.30. The molecule has 0 bridgehead atoms. The molecule has 4 heteroatoms. The van der Waals surface area contributed by atoms with E-state index in [1.165, 1.54) is 0 Å². The maximum absolute atomic E-state index is 11.4. The molecule has 1 heterocycles. The third-order valence-corrected chi connectivity index (χ3v) is 3.18. The van der Waals surface area contributed by atoms with Crippen LogP contribution in [0.1, 0.15) is 32.6 Å². The van der Waals surface area contributed by atoms with Crippen molar-refractivity contribution in [1.82, 2.24) is 4.90 Å². The monoisotopic (exact) mass is 211 g/mol. The number of unbranched alkanes of at least 4 members (excludes halogenated alkanes) is 1. The van der Waals surface area contributed by atoms with Gasteiger partial charge >= 0.3 is 6.09 Å². The Morgan fingerprint density at radius 3 is 2.67 bits per heavy atom. The van der Waals surface area contributed by atoms with Gasteiger partial charge in [0.2, 0.25) is 0 Å². The predicted molar refractivity (Wildman–Crippen MR) is 54.5 cm³/mol. The lowest BCUT2D eigenvalue weighted by molar-refractivity contribution is -0.143. The Morgan fingerprint density at radius 2 is 2.13 bits per heavy atom. The quantitative estimate of drug-likeness (QED) is 0.666. The number of likely N-dealkylation sites (tertiary alicyclic amines) is 1. The van der Waals surface area contributed by atoms with Gasteiger partial charge in [0, 0.05) is 31.3 Å². The fourth-order valence-electron chi connectivity index (χ4n) is 2.30. The van der Waals surface area contributed by atoms with E-state index in [9.17, 15) is 9.59 Å². The highest BCUT2D eigenvalue weighted by Gasteiger charge is 2.53. The highest BCUT2D eigenvalue weighted by atomic mass is 16.6. The first kappa shape index (κ1) is 10.5. The zero-order valence-corrected chi connectivity index (χ0v) is 9.12. The molecule has 2 fully saturated rings. The van der Waals surface area contributed by atoms with Crippen molar-refractivity contribution in [1.29, 1.82) is 0 Å². The summed E-state index contributed by atoms with van der Waals surface area (Å²) in [6.45, 7) is 4.00. The Balaban J connectivity index is 1.66. The van der Waals surface area contributed by atoms with Gasteiger partial charge in [0.25, 0.3) is 0 Å². The number of rotatable bonds is 3. The molecule has 1 amide bonds. The maximum Gasteiger partial charge on any atom is 0.409 e. The molecular formula is C11H17NO3. The lowest BCUT2D eigenvalue weighted by atomic mass is 9.63. The molecule has 15 heavy (non-hydrogen) atoms. The van der Waals surface area contributed by atoms with Crippen molar-refractivity contribution >= 4 is 11.9 Å². The summed E-state index contributed by atoms with van der Waals surface area (Å²) in [5.74, 6) is 0.328. The molecule has 1 aliphatic heterocycles. The number of amides is 1. The van der Waals surface area contributed by atoms with E-state index in [1.54, 1.807) is 4.90 Å². The van der Waals surface area contributed by atoms with Gasteiger partial charge in [-0.1, -0.05) is 13.3 Å². The third kappa shape index (κ3) is 1.98. The lowest BCUT2D eigenvalue weighted by Crippen LogP contribution is -2.64. The summed E-state index contributed by atoms with van der Waals surface area (Å²) in [5, 5.41) is 0. The number of ether oxygens (including phenoxy) is 1. The number of hydrogen-bond acceptors (Lipinski definition) is 3. The first-order chi connectivity index (χ1) is 7.15. The van der Waals surface area contributed by atoms with Gasteiger partial charge in [0.15, 0.2) is 0 Å². The second kappa shape index (κ2) is 3.83. The summed E-state index contributed by atoms with van der Waals surface area (Å²) in [7, 11) is 0. The van der Waals surface area contributed by atoms with Gasteiger partial charge in [0.1, 0.15) is 5.78 Å². The SMILES string of the molecule is CCCCOC(=O)N1CC2(CC(=O)C2)C1. The van der Waals surface area contributed by atoms with Crippen molar-refractivity contribution in [3.8, 4) is 0 Å². The van der Waals surface area contributed by atoms with Crippen LogP contribution < -0.4 is 0 Å². The number of hydrogen-bond donors (Lipinski definition) is 0. The van der Waals surface area contributed by atoms with Crippen LogP contribution in [0.4, 0.5) is 4.79 Å². The summed E-state index contributed by atoms with van der Waals surface area (Å²) in [6, 6.07) is 0. The van der Waals surface area contributed by atoms with Gasteiger partial charge in [-0.15, -0.1) is 0 Å². The topological polar surface area (TPSA) is 46.6 Å². The average Bonchev–Trinajstić information content (AvgIpc) is 2.09. The van der Waals surface area contributed by atoms with Crippen LogP contribution in [0.5, 0.6) is 0 Å². The summed E-state index contributed by atoms with van der Waals surface area (Å²) in [5.41, 5.74) is 0.140. The van der Waals surface area contributed by atoms with Crippen molar-refractivity contribution in [3.63, 3.8) is 0 Å². The van der Waals surface area contributed by atoms with Crippen LogP contribution in [0.2, 0.25) is 0 Å². The van der Waals surface area contributed by atoms with Crippen molar-refractivity contribution < 1.29 is 14.3 Å². The van der Waals surface area contributed by atoms with E-state index in [2.05, 4.69) is 6.92 Å². The van der Waals surface area contributed by atoms with E-state index in [4.69, 9.17) is 4.74 Å². The molecular weight excluding hydrogens is 194 g/mol. The summed E-state index contributed by atoms with van der Waals surface area (Å²) < 4.78 is 5.08. The van der Waals surface area contributed by atoms with Gasteiger partial charge in [-0.25, -0.2) is 4.79 Å². The zero-order valence-electron chi connectivity index (χ0n) is 9.12. The molecule has 1 saturated carbocycles. The lowest BCUT2D eigenvalue weighted by Gasteiger charge is -2.53. The standard InChI is InChI=1S/C11H17NO3/c1-2-3-4-15-10(14)12-7-11(8-12)5-9(13)6-11/h2-8H2,1H3. The molecule has 0 atom stereocenters. The molecule has 0 aromatic heterocycles. The second-order valence-electron chi connectivity index (χ2n) is 4.72. The Morgan fingerprint density at radius 1 is 1.47 bits per heavy atom. The van der Waals surface area contributed by atoms with E-state index >= 15 is 0 Å². The summed E-state index contributed by atoms with van der Waals surface area (Å²) in [6.07, 6.45) is 3.06. The van der Waals surface area contributed by atoms with Crippen LogP contribution in [-0.2, 0) is 9.53 Å². The fraction of sp³-hybridized carbons (Fsp3) is 0.818. The average molecular weight is 211 g/mol. The van der Waals surface area contributed by atoms with Crippen molar-refractivity contribution in [2.24, 2.45) is 5.41 Å². The molecule has 0 N–H and O–H groups in total. The van der Waals surface area contributed by atoms with Crippen LogP contribution in [0.25, 0.3) is 0 Å². The van der Waals surface area contributed by atoms with E-state index in [1.807, 2.05) is 0 Å². The van der Waals surface area contributed by atoms with Crippen LogP contribution >= 0.6 is 0 Å². The molecule has 0 aromatic carbocycles. The molecule has 2 rings (SSSR count). The number of carbonyl (C=O) groups is 2. The van der Waals surface area contributed by atoms with Crippen LogP contribution in [0.15, 0.2) is 0 Å². The second-order valence-corrected chi connectivity index (χ2v) is 4.72. The Bertz CT molecular complexity index is 272. The smallest absolute Gasteiger partial charge is 0.409 e. The minimum Gasteiger partial charge on any atom is -0.449 e. The van der Waals surface area contributed by atoms with Gasteiger partial charge in [-0.2, -0.15) is 0 Å². The largest absolute Gasteiger partial charge is 0.449 e. The van der Waals surface area contributed by atoms with E-state index in [0.717, 1.165) is 12.8 Å². The van der Waals surface area contributed by atoms with Gasteiger partial charge in [-0.3, -0.25) is 4.79 Å². The molecule has 4 nitrogen and oxygen atoms in total. The minimum absolute atomic E-state index is 0.140. The highest BCUT2D eigenvalue weighted by molar-refractivity contribution is 5.87. The Kier molecular flexibility index (Phi) is 2.67. The molecule has 84 valence electrons. The van der Waals surface area contributed by atoms with Crippen molar-refractivity contribution in [2.75, 3.05) is 19.7 Å². The Labute approximate surface area is 89.6 Å². The van der Waals surface area contributed by atoms with Gasteiger partial charge in [0.05, 0.1) is 6.61 Å². The number of ketones is 1. The van der Waals surface area contributed by atoms with Crippen molar-refractivity contribution in [2.45, 2.75) is 32.6 Å². The number of nitrogens with zero attached hydrogens (tertiary/aromatic N) is 1. The first-order valence-electron chi connectivity index (χ1n) is 5.59. The summed E-state index contributed by atoms with van der Waals surface area (Å²) in [4.78, 5) is 24.0. The zero-order chi connectivity index (χ0) is 10.9. The molecule has 1 aliphatic carbocycles. The van der Waals surface area contributed by atoms with Crippen molar-refractivity contribution in [3.05, 3.63) is 0 Å². The predicted octanol–water partition coefficient (Wildman–Crippen LogP) is 1.59. The molecule has 2 aliphatic rings. The molecule has 0 radical (unpaired) electrons. The van der Waals surface area contributed by atoms with E-state index < -0.39 is 0 Å². The molecule has 0 aromatic rings. The number of Topliss-reactive ketones (excluding diaryl/α,β-unsaturated/α-hetero) is 1. The van der Waals surface area contributed by atoms with Crippen LogP contribution in [-0.4, -0.2) is 36.5 Å². The van der Waals surface area contributed by atoms with Gasteiger partial charge < -0.3 is 9.64 Å². The third-order valence-electron chi connectivity index (χ3n) is 3.18. The Hall–Kier alpha value is -1.06. The maximum atomic E-state index is 11.4. The van der Waals surface area contributed by atoms with Gasteiger partial charge in [-0.05, 0) is 6.42 Å². The molecule has 0 unspecified atom stereocenters. The minimum atomic E-state index is -0.214. The van der Waals surface area contributed by atoms with Crippen LogP contribution in [0.3, 0.4) is 0 Å².